The van der Waals surface area contributed by atoms with Crippen LogP contribution < -0.4 is 5.32 Å². The van der Waals surface area contributed by atoms with Crippen LogP contribution in [0.25, 0.3) is 11.0 Å². The summed E-state index contributed by atoms with van der Waals surface area (Å²) in [6.07, 6.45) is 0.776. The van der Waals surface area contributed by atoms with E-state index in [1.165, 1.54) is 4.90 Å². The van der Waals surface area contributed by atoms with E-state index in [0.717, 1.165) is 5.52 Å². The number of rotatable bonds is 8. The van der Waals surface area contributed by atoms with Gasteiger partial charge in [-0.3, -0.25) is 14.4 Å². The Labute approximate surface area is 202 Å². The zero-order chi connectivity index (χ0) is 25.0. The molecule has 35 heavy (non-hydrogen) atoms. The largest absolute Gasteiger partial charge is 0.466 e. The number of nitrogens with one attached hydrogen (secondary N) is 1. The summed E-state index contributed by atoms with van der Waals surface area (Å²) in [6, 6.07) is 6.47. The van der Waals surface area contributed by atoms with Gasteiger partial charge in [0.1, 0.15) is 29.7 Å². The molecule has 3 fully saturated rings. The molecular weight excluding hydrogens is 454 g/mol. The Balaban J connectivity index is 1.48. The second kappa shape index (κ2) is 8.56. The van der Waals surface area contributed by atoms with Gasteiger partial charge in [0.15, 0.2) is 0 Å². The number of amides is 2. The van der Waals surface area contributed by atoms with Crippen LogP contribution in [0.3, 0.4) is 0 Å². The van der Waals surface area contributed by atoms with Gasteiger partial charge in [-0.1, -0.05) is 24.3 Å². The summed E-state index contributed by atoms with van der Waals surface area (Å²) in [7, 11) is 0. The van der Waals surface area contributed by atoms with Gasteiger partial charge >= 0.3 is 5.97 Å². The third-order valence-corrected chi connectivity index (χ3v) is 7.98. The minimum absolute atomic E-state index is 0.0618. The summed E-state index contributed by atoms with van der Waals surface area (Å²) >= 11 is 0. The van der Waals surface area contributed by atoms with Gasteiger partial charge in [0.2, 0.25) is 11.8 Å². The summed E-state index contributed by atoms with van der Waals surface area (Å²) in [6.45, 7) is 5.85. The van der Waals surface area contributed by atoms with Crippen LogP contribution in [0.4, 0.5) is 0 Å². The molecule has 1 aromatic carbocycles. The van der Waals surface area contributed by atoms with Crippen molar-refractivity contribution in [3.8, 4) is 0 Å². The quantitative estimate of drug-likeness (QED) is 0.515. The standard InChI is InChI=1S/C24H31N5O6/c1-4-34-22(33)18-17-21(32)28(10-7-11-30)19(24(17)12-14(2)23(18,3)35-24)20(31)25-13-29-16-9-6-5-8-15(16)26-27-29/h5-6,8-9,14,17-19,30H,4,7,10-13H2,1-3H3,(H,25,31)/t14?,17-,18-,19?,23+,24?/m0/s1. The van der Waals surface area contributed by atoms with E-state index in [9.17, 15) is 19.5 Å². The lowest BCUT2D eigenvalue weighted by molar-refractivity contribution is -0.161. The fourth-order valence-corrected chi connectivity index (χ4v) is 6.39. The molecule has 0 saturated carbocycles. The molecule has 2 aromatic rings. The van der Waals surface area contributed by atoms with E-state index in [1.54, 1.807) is 11.6 Å². The summed E-state index contributed by atoms with van der Waals surface area (Å²) < 4.78 is 13.5. The lowest BCUT2D eigenvalue weighted by Crippen LogP contribution is -2.55. The van der Waals surface area contributed by atoms with Crippen molar-refractivity contribution in [2.45, 2.75) is 57.5 Å². The molecule has 2 amide bonds. The lowest BCUT2D eigenvalue weighted by atomic mass is 9.62. The predicted molar refractivity (Wildman–Crippen MR) is 122 cm³/mol. The first-order valence-corrected chi connectivity index (χ1v) is 12.1. The second-order valence-electron chi connectivity index (χ2n) is 9.84. The monoisotopic (exact) mass is 485 g/mol. The first-order chi connectivity index (χ1) is 16.8. The zero-order valence-electron chi connectivity index (χ0n) is 20.1. The van der Waals surface area contributed by atoms with E-state index >= 15 is 0 Å². The molecule has 2 bridgehead atoms. The summed E-state index contributed by atoms with van der Waals surface area (Å²) in [5.41, 5.74) is -0.578. The smallest absolute Gasteiger partial charge is 0.312 e. The molecule has 0 aliphatic carbocycles. The highest BCUT2D eigenvalue weighted by molar-refractivity contribution is 5.98. The van der Waals surface area contributed by atoms with Gasteiger partial charge in [-0.05, 0) is 44.7 Å². The van der Waals surface area contributed by atoms with Gasteiger partial charge < -0.3 is 24.8 Å². The number of aliphatic hydroxyl groups excluding tert-OH is 1. The fourth-order valence-electron chi connectivity index (χ4n) is 6.39. The van der Waals surface area contributed by atoms with Crippen LogP contribution in [-0.2, 0) is 30.5 Å². The van der Waals surface area contributed by atoms with E-state index in [2.05, 4.69) is 15.6 Å². The van der Waals surface area contributed by atoms with Crippen molar-refractivity contribution < 1.29 is 29.0 Å². The first-order valence-electron chi connectivity index (χ1n) is 12.1. The highest BCUT2D eigenvalue weighted by atomic mass is 16.6. The number of aliphatic hydroxyl groups is 1. The lowest BCUT2D eigenvalue weighted by Gasteiger charge is -2.35. The summed E-state index contributed by atoms with van der Waals surface area (Å²) in [5.74, 6) is -2.85. The number of aromatic nitrogens is 3. The number of likely N-dealkylation sites (tertiary alicyclic amines) is 1. The molecule has 11 nitrogen and oxygen atoms in total. The molecule has 1 aromatic heterocycles. The maximum absolute atomic E-state index is 13.7. The van der Waals surface area contributed by atoms with Gasteiger partial charge in [0.05, 0.1) is 23.6 Å². The number of hydrogen-bond donors (Lipinski definition) is 2. The molecule has 2 N–H and O–H groups in total. The SMILES string of the molecule is CCOC(=O)[C@@H]1[C@H]2C(=O)N(CCCO)C(C(=O)NCn3nnc4ccccc43)C23CC(C)[C@@]1(C)O3. The molecule has 4 heterocycles. The predicted octanol–water partition coefficient (Wildman–Crippen LogP) is 0.461. The number of esters is 1. The van der Waals surface area contributed by atoms with Crippen LogP contribution in [0.5, 0.6) is 0 Å². The van der Waals surface area contributed by atoms with Crippen LogP contribution in [0.2, 0.25) is 0 Å². The van der Waals surface area contributed by atoms with Gasteiger partial charge in [-0.2, -0.15) is 0 Å². The molecule has 11 heteroatoms. The zero-order valence-corrected chi connectivity index (χ0v) is 20.1. The topological polar surface area (TPSA) is 136 Å². The van der Waals surface area contributed by atoms with Crippen LogP contribution in [0, 0.1) is 17.8 Å². The van der Waals surface area contributed by atoms with Crippen molar-refractivity contribution in [3.05, 3.63) is 24.3 Å². The summed E-state index contributed by atoms with van der Waals surface area (Å²) in [4.78, 5) is 41.9. The molecule has 188 valence electrons. The molecular formula is C24H31N5O6. The number of fused-ring (bicyclic) bond motifs is 2. The van der Waals surface area contributed by atoms with E-state index in [0.29, 0.717) is 18.4 Å². The second-order valence-corrected chi connectivity index (χ2v) is 9.84. The Bertz CT molecular complexity index is 1170. The molecule has 5 rings (SSSR count). The van der Waals surface area contributed by atoms with Gasteiger partial charge in [-0.15, -0.1) is 5.10 Å². The highest BCUT2D eigenvalue weighted by Crippen LogP contribution is 2.65. The van der Waals surface area contributed by atoms with Gasteiger partial charge in [0, 0.05) is 13.2 Å². The van der Waals surface area contributed by atoms with E-state index in [4.69, 9.17) is 9.47 Å². The van der Waals surface area contributed by atoms with Crippen LogP contribution in [0.15, 0.2) is 24.3 Å². The van der Waals surface area contributed by atoms with Crippen LogP contribution in [0.1, 0.15) is 33.6 Å². The maximum Gasteiger partial charge on any atom is 0.312 e. The van der Waals surface area contributed by atoms with E-state index < -0.39 is 35.0 Å². The van der Waals surface area contributed by atoms with E-state index in [1.807, 2.05) is 38.1 Å². The maximum atomic E-state index is 13.7. The Morgan fingerprint density at radius 2 is 2.11 bits per heavy atom. The average molecular weight is 486 g/mol. The van der Waals surface area contributed by atoms with Crippen LogP contribution >= 0.6 is 0 Å². The Kier molecular flexibility index (Phi) is 5.79. The molecule has 3 aliphatic rings. The third kappa shape index (κ3) is 3.35. The Morgan fingerprint density at radius 1 is 1.34 bits per heavy atom. The Hall–Kier alpha value is -3.05. The fraction of sp³-hybridized carbons (Fsp3) is 0.625. The van der Waals surface area contributed by atoms with Crippen molar-refractivity contribution >= 4 is 28.8 Å². The number of benzene rings is 1. The van der Waals surface area contributed by atoms with Crippen molar-refractivity contribution in [2.75, 3.05) is 19.8 Å². The average Bonchev–Trinajstić information content (AvgIpc) is 3.50. The van der Waals surface area contributed by atoms with Gasteiger partial charge in [-0.25, -0.2) is 4.68 Å². The molecule has 3 unspecified atom stereocenters. The highest BCUT2D eigenvalue weighted by Gasteiger charge is 2.80. The third-order valence-electron chi connectivity index (χ3n) is 7.98. The first kappa shape index (κ1) is 23.7. The normalized spacial score (nSPS) is 33.4. The van der Waals surface area contributed by atoms with Crippen LogP contribution in [-0.4, -0.2) is 79.8 Å². The number of nitrogens with zero attached hydrogens (tertiary/aromatic N) is 4. The van der Waals surface area contributed by atoms with Crippen molar-refractivity contribution in [2.24, 2.45) is 17.8 Å². The van der Waals surface area contributed by atoms with Crippen molar-refractivity contribution in [3.63, 3.8) is 0 Å². The Morgan fingerprint density at radius 3 is 2.86 bits per heavy atom. The minimum Gasteiger partial charge on any atom is -0.466 e. The summed E-state index contributed by atoms with van der Waals surface area (Å²) in [5, 5.41) is 20.6. The molecule has 0 radical (unpaired) electrons. The number of hydrogen-bond acceptors (Lipinski definition) is 8. The number of carbonyl (C=O) groups is 3. The molecule has 1 spiro atoms. The number of ether oxygens (including phenoxy) is 2. The van der Waals surface area contributed by atoms with Crippen molar-refractivity contribution in [1.82, 2.24) is 25.2 Å². The van der Waals surface area contributed by atoms with Crippen molar-refractivity contribution in [1.29, 1.82) is 0 Å². The van der Waals surface area contributed by atoms with Gasteiger partial charge in [0.25, 0.3) is 0 Å². The molecule has 3 aliphatic heterocycles. The van der Waals surface area contributed by atoms with E-state index in [-0.39, 0.29) is 44.2 Å². The molecule has 3 saturated heterocycles. The molecule has 6 atom stereocenters. The number of para-hydroxylation sites is 1. The minimum atomic E-state index is -1.15. The number of carbonyl (C=O) groups excluding carboxylic acids is 3.